The molecule has 0 N–H and O–H groups in total. The molecular weight excluding hydrogens is 196 g/mol. The zero-order valence-electron chi connectivity index (χ0n) is 9.71. The molecule has 84 valence electrons. The number of rotatable bonds is 2. The molecule has 0 amide bonds. The molecule has 4 aliphatic rings. The lowest BCUT2D eigenvalue weighted by atomic mass is 9.43. The van der Waals surface area contributed by atoms with E-state index in [0.717, 1.165) is 31.1 Å². The summed E-state index contributed by atoms with van der Waals surface area (Å²) in [6.07, 6.45) is 9.07. The van der Waals surface area contributed by atoms with Crippen LogP contribution < -0.4 is 0 Å². The average Bonchev–Trinajstić information content (AvgIpc) is 2.14. The highest BCUT2D eigenvalue weighted by molar-refractivity contribution is 5.11. The van der Waals surface area contributed by atoms with Crippen LogP contribution in [0.25, 0.3) is 0 Å². The Hall–Kier alpha value is -1.02. The molecule has 0 aromatic heterocycles. The number of hydrogen-bond acceptors (Lipinski definition) is 2. The lowest BCUT2D eigenvalue weighted by Crippen LogP contribution is -2.51. The van der Waals surface area contributed by atoms with Gasteiger partial charge in [-0.2, -0.15) is 10.5 Å². The summed E-state index contributed by atoms with van der Waals surface area (Å²) in [5.41, 5.74) is 0.603. The van der Waals surface area contributed by atoms with Crippen LogP contribution in [0.5, 0.6) is 0 Å². The van der Waals surface area contributed by atoms with Gasteiger partial charge in [0.15, 0.2) is 0 Å². The fourth-order valence-corrected chi connectivity index (χ4v) is 5.40. The summed E-state index contributed by atoms with van der Waals surface area (Å²) in [7, 11) is 0. The molecule has 2 nitrogen and oxygen atoms in total. The van der Waals surface area contributed by atoms with Gasteiger partial charge in [0, 0.05) is 12.8 Å². The van der Waals surface area contributed by atoms with Gasteiger partial charge < -0.3 is 0 Å². The van der Waals surface area contributed by atoms with Crippen molar-refractivity contribution < 1.29 is 0 Å². The third-order valence-electron chi connectivity index (χ3n) is 5.21. The minimum absolute atomic E-state index is 0.301. The Bertz CT molecular complexity index is 337. The van der Waals surface area contributed by atoms with Crippen LogP contribution in [0.4, 0.5) is 0 Å². The van der Waals surface area contributed by atoms with E-state index in [1.165, 1.54) is 32.1 Å². The number of hydrogen-bond donors (Lipinski definition) is 0. The first-order valence-electron chi connectivity index (χ1n) is 6.43. The fourth-order valence-electron chi connectivity index (χ4n) is 5.40. The molecular formula is C14H18N2. The molecule has 0 heterocycles. The summed E-state index contributed by atoms with van der Waals surface area (Å²) in [5, 5.41) is 18.1. The van der Waals surface area contributed by atoms with E-state index in [0.29, 0.717) is 10.8 Å². The SMILES string of the molecule is N#CCC12CC3CC(C1)CC(CC#N)(C3)C2. The maximum Gasteiger partial charge on any atom is 0.0627 e. The van der Waals surface area contributed by atoms with Gasteiger partial charge in [0.2, 0.25) is 0 Å². The van der Waals surface area contributed by atoms with E-state index in [1.54, 1.807) is 0 Å². The maximum absolute atomic E-state index is 9.03. The molecule has 0 atom stereocenters. The Morgan fingerprint density at radius 1 is 0.875 bits per heavy atom. The molecule has 0 aromatic carbocycles. The Labute approximate surface area is 97.3 Å². The van der Waals surface area contributed by atoms with E-state index >= 15 is 0 Å². The van der Waals surface area contributed by atoms with Gasteiger partial charge in [-0.05, 0) is 61.2 Å². The standard InChI is InChI=1S/C14H18N2/c15-3-1-13-6-11-5-12(7-13)9-14(8-11,10-13)2-4-16/h11-12H,1-2,5-10H2. The molecule has 0 spiro atoms. The third-order valence-corrected chi connectivity index (χ3v) is 5.21. The van der Waals surface area contributed by atoms with Crippen molar-refractivity contribution in [3.63, 3.8) is 0 Å². The predicted octanol–water partition coefficient (Wildman–Crippen LogP) is 3.40. The highest BCUT2D eigenvalue weighted by Gasteiger charge is 2.57. The first kappa shape index (κ1) is 10.2. The van der Waals surface area contributed by atoms with Gasteiger partial charge in [-0.3, -0.25) is 0 Å². The van der Waals surface area contributed by atoms with E-state index in [2.05, 4.69) is 12.1 Å². The molecule has 4 aliphatic carbocycles. The number of nitriles is 2. The Morgan fingerprint density at radius 3 is 1.69 bits per heavy atom. The van der Waals surface area contributed by atoms with Crippen LogP contribution in [0.2, 0.25) is 0 Å². The normalized spacial score (nSPS) is 48.6. The first-order valence-corrected chi connectivity index (χ1v) is 6.43. The molecule has 4 fully saturated rings. The van der Waals surface area contributed by atoms with Crippen molar-refractivity contribution in [1.29, 1.82) is 10.5 Å². The van der Waals surface area contributed by atoms with Crippen molar-refractivity contribution in [2.75, 3.05) is 0 Å². The largest absolute Gasteiger partial charge is 0.198 e. The summed E-state index contributed by atoms with van der Waals surface area (Å²) in [5.74, 6) is 1.64. The van der Waals surface area contributed by atoms with Crippen LogP contribution in [0.15, 0.2) is 0 Å². The lowest BCUT2D eigenvalue weighted by Gasteiger charge is -2.61. The lowest BCUT2D eigenvalue weighted by molar-refractivity contribution is -0.106. The van der Waals surface area contributed by atoms with Crippen molar-refractivity contribution >= 4 is 0 Å². The van der Waals surface area contributed by atoms with Crippen LogP contribution in [0, 0.1) is 45.3 Å². The summed E-state index contributed by atoms with van der Waals surface area (Å²) in [6.45, 7) is 0. The molecule has 0 unspecified atom stereocenters. The Kier molecular flexibility index (Phi) is 2.05. The molecule has 2 heteroatoms. The van der Waals surface area contributed by atoms with Gasteiger partial charge in [0.05, 0.1) is 12.1 Å². The minimum atomic E-state index is 0.301. The highest BCUT2D eigenvalue weighted by atomic mass is 14.6. The molecule has 4 saturated carbocycles. The van der Waals surface area contributed by atoms with Crippen molar-refractivity contribution in [3.05, 3.63) is 0 Å². The molecule has 0 aromatic rings. The van der Waals surface area contributed by atoms with E-state index in [-0.39, 0.29) is 0 Å². The summed E-state index contributed by atoms with van der Waals surface area (Å²) < 4.78 is 0. The van der Waals surface area contributed by atoms with Crippen LogP contribution in [-0.2, 0) is 0 Å². The van der Waals surface area contributed by atoms with Gasteiger partial charge in [0.1, 0.15) is 0 Å². The smallest absolute Gasteiger partial charge is 0.0627 e. The number of nitrogens with zero attached hydrogens (tertiary/aromatic N) is 2. The van der Waals surface area contributed by atoms with E-state index < -0.39 is 0 Å². The highest BCUT2D eigenvalue weighted by Crippen LogP contribution is 2.67. The Morgan fingerprint density at radius 2 is 1.31 bits per heavy atom. The first-order chi connectivity index (χ1) is 7.69. The van der Waals surface area contributed by atoms with Crippen molar-refractivity contribution in [1.82, 2.24) is 0 Å². The quantitative estimate of drug-likeness (QED) is 0.707. The summed E-state index contributed by atoms with van der Waals surface area (Å²) in [4.78, 5) is 0. The van der Waals surface area contributed by atoms with Gasteiger partial charge in [-0.1, -0.05) is 0 Å². The van der Waals surface area contributed by atoms with Crippen LogP contribution in [-0.4, -0.2) is 0 Å². The van der Waals surface area contributed by atoms with Crippen LogP contribution >= 0.6 is 0 Å². The van der Waals surface area contributed by atoms with Crippen molar-refractivity contribution in [2.45, 2.75) is 51.4 Å². The molecule has 0 aliphatic heterocycles. The zero-order chi connectivity index (χ0) is 11.2. The van der Waals surface area contributed by atoms with Crippen LogP contribution in [0.3, 0.4) is 0 Å². The topological polar surface area (TPSA) is 47.6 Å². The maximum atomic E-state index is 9.03. The van der Waals surface area contributed by atoms with Crippen LogP contribution in [0.1, 0.15) is 51.4 Å². The van der Waals surface area contributed by atoms with Crippen molar-refractivity contribution in [2.24, 2.45) is 22.7 Å². The molecule has 16 heavy (non-hydrogen) atoms. The van der Waals surface area contributed by atoms with Gasteiger partial charge in [0.25, 0.3) is 0 Å². The fraction of sp³-hybridized carbons (Fsp3) is 0.857. The molecule has 4 rings (SSSR count). The average molecular weight is 214 g/mol. The monoisotopic (exact) mass is 214 g/mol. The second-order valence-corrected chi connectivity index (χ2v) is 6.63. The second-order valence-electron chi connectivity index (χ2n) is 6.63. The van der Waals surface area contributed by atoms with Gasteiger partial charge in [-0.25, -0.2) is 0 Å². The van der Waals surface area contributed by atoms with E-state index in [9.17, 15) is 0 Å². The zero-order valence-corrected chi connectivity index (χ0v) is 9.71. The van der Waals surface area contributed by atoms with Gasteiger partial charge >= 0.3 is 0 Å². The molecule has 0 radical (unpaired) electrons. The summed E-state index contributed by atoms with van der Waals surface area (Å²) >= 11 is 0. The van der Waals surface area contributed by atoms with Gasteiger partial charge in [-0.15, -0.1) is 0 Å². The second kappa shape index (κ2) is 3.24. The Balaban J connectivity index is 1.92. The third kappa shape index (κ3) is 1.36. The minimum Gasteiger partial charge on any atom is -0.198 e. The van der Waals surface area contributed by atoms with Crippen molar-refractivity contribution in [3.8, 4) is 12.1 Å². The molecule has 0 saturated heterocycles. The van der Waals surface area contributed by atoms with E-state index in [1.807, 2.05) is 0 Å². The van der Waals surface area contributed by atoms with E-state index in [4.69, 9.17) is 10.5 Å². The summed E-state index contributed by atoms with van der Waals surface area (Å²) in [6, 6.07) is 4.80. The molecule has 4 bridgehead atoms. The predicted molar refractivity (Wildman–Crippen MR) is 60.0 cm³/mol.